The minimum Gasteiger partial charge on any atom is -0.449 e. The van der Waals surface area contributed by atoms with Crippen LogP contribution in [0.3, 0.4) is 0 Å². The quantitative estimate of drug-likeness (QED) is 0.400. The second-order valence-electron chi connectivity index (χ2n) is 8.24. The van der Waals surface area contributed by atoms with E-state index in [1.807, 2.05) is 18.2 Å². The SMILES string of the molecule is CC(OC(=O)c1ccc2ncoc2c1)C(=O)Nc1sc2c(c1C#N)CCC(c1ccccc1)C2. The Labute approximate surface area is 200 Å². The van der Waals surface area contributed by atoms with Gasteiger partial charge in [0.15, 0.2) is 18.1 Å². The number of nitrogens with one attached hydrogen (secondary N) is 1. The maximum absolute atomic E-state index is 12.8. The summed E-state index contributed by atoms with van der Waals surface area (Å²) in [7, 11) is 0. The Morgan fingerprint density at radius 3 is 2.88 bits per heavy atom. The molecule has 1 amide bonds. The van der Waals surface area contributed by atoms with Gasteiger partial charge in [0, 0.05) is 4.88 Å². The van der Waals surface area contributed by atoms with Gasteiger partial charge in [0.1, 0.15) is 16.6 Å². The number of anilines is 1. The fraction of sp³-hybridized carbons (Fsp3) is 0.231. The molecule has 2 aromatic carbocycles. The van der Waals surface area contributed by atoms with Crippen LogP contribution in [0.15, 0.2) is 59.3 Å². The molecule has 0 radical (unpaired) electrons. The Morgan fingerprint density at radius 1 is 1.26 bits per heavy atom. The number of carbonyl (C=O) groups is 2. The van der Waals surface area contributed by atoms with Gasteiger partial charge in [-0.2, -0.15) is 5.26 Å². The zero-order valence-electron chi connectivity index (χ0n) is 18.4. The summed E-state index contributed by atoms with van der Waals surface area (Å²) in [6.45, 7) is 1.51. The van der Waals surface area contributed by atoms with Crippen molar-refractivity contribution in [3.8, 4) is 6.07 Å². The van der Waals surface area contributed by atoms with Crippen molar-refractivity contribution in [2.75, 3.05) is 5.32 Å². The number of fused-ring (bicyclic) bond motifs is 2. The fourth-order valence-corrected chi connectivity index (χ4v) is 5.56. The number of hydrogen-bond acceptors (Lipinski definition) is 7. The number of ether oxygens (including phenoxy) is 1. The maximum atomic E-state index is 12.8. The number of nitriles is 1. The average Bonchev–Trinajstić information content (AvgIpc) is 3.47. The molecule has 0 spiro atoms. The molecule has 0 fully saturated rings. The number of hydrogen-bond donors (Lipinski definition) is 1. The molecule has 1 aliphatic carbocycles. The lowest BCUT2D eigenvalue weighted by molar-refractivity contribution is -0.123. The predicted molar refractivity (Wildman–Crippen MR) is 128 cm³/mol. The summed E-state index contributed by atoms with van der Waals surface area (Å²) in [6.07, 6.45) is 2.84. The number of amides is 1. The largest absolute Gasteiger partial charge is 0.449 e. The first kappa shape index (κ1) is 21.9. The molecule has 0 saturated heterocycles. The average molecular weight is 472 g/mol. The Kier molecular flexibility index (Phi) is 5.86. The summed E-state index contributed by atoms with van der Waals surface area (Å²) in [4.78, 5) is 30.4. The van der Waals surface area contributed by atoms with E-state index in [-0.39, 0.29) is 5.56 Å². The van der Waals surface area contributed by atoms with Gasteiger partial charge in [-0.1, -0.05) is 30.3 Å². The van der Waals surface area contributed by atoms with Gasteiger partial charge in [0.25, 0.3) is 5.91 Å². The first-order valence-corrected chi connectivity index (χ1v) is 11.8. The minimum atomic E-state index is -1.04. The Hall–Kier alpha value is -3.96. The molecule has 0 bridgehead atoms. The zero-order valence-corrected chi connectivity index (χ0v) is 19.2. The highest BCUT2D eigenvalue weighted by molar-refractivity contribution is 7.16. The van der Waals surface area contributed by atoms with Crippen molar-refractivity contribution in [1.29, 1.82) is 5.26 Å². The highest BCUT2D eigenvalue weighted by atomic mass is 32.1. The smallest absolute Gasteiger partial charge is 0.339 e. The van der Waals surface area contributed by atoms with E-state index >= 15 is 0 Å². The number of benzene rings is 2. The molecule has 1 aliphatic rings. The van der Waals surface area contributed by atoms with E-state index in [0.717, 1.165) is 29.7 Å². The van der Waals surface area contributed by atoms with Gasteiger partial charge in [0.2, 0.25) is 0 Å². The van der Waals surface area contributed by atoms with E-state index < -0.39 is 18.0 Å². The second-order valence-corrected chi connectivity index (χ2v) is 9.35. The molecule has 4 aromatic rings. The van der Waals surface area contributed by atoms with Crippen molar-refractivity contribution < 1.29 is 18.7 Å². The number of rotatable bonds is 5. The minimum absolute atomic E-state index is 0.264. The maximum Gasteiger partial charge on any atom is 0.339 e. The number of oxazole rings is 1. The van der Waals surface area contributed by atoms with Crippen LogP contribution in [0.25, 0.3) is 11.1 Å². The lowest BCUT2D eigenvalue weighted by Gasteiger charge is -2.22. The third kappa shape index (κ3) is 4.18. The van der Waals surface area contributed by atoms with Crippen LogP contribution in [-0.2, 0) is 22.4 Å². The summed E-state index contributed by atoms with van der Waals surface area (Å²) < 4.78 is 10.6. The lowest BCUT2D eigenvalue weighted by atomic mass is 9.83. The molecule has 0 aliphatic heterocycles. The first-order valence-electron chi connectivity index (χ1n) is 11.0. The number of carbonyl (C=O) groups excluding carboxylic acids is 2. The van der Waals surface area contributed by atoms with Crippen LogP contribution in [0.5, 0.6) is 0 Å². The van der Waals surface area contributed by atoms with Crippen molar-refractivity contribution in [1.82, 2.24) is 4.98 Å². The van der Waals surface area contributed by atoms with Crippen molar-refractivity contribution in [3.63, 3.8) is 0 Å². The van der Waals surface area contributed by atoms with Crippen LogP contribution < -0.4 is 5.32 Å². The van der Waals surface area contributed by atoms with Crippen molar-refractivity contribution >= 4 is 39.3 Å². The summed E-state index contributed by atoms with van der Waals surface area (Å²) in [5, 5.41) is 13.1. The van der Waals surface area contributed by atoms with Gasteiger partial charge in [-0.15, -0.1) is 11.3 Å². The van der Waals surface area contributed by atoms with Gasteiger partial charge in [-0.3, -0.25) is 4.79 Å². The zero-order chi connectivity index (χ0) is 23.7. The van der Waals surface area contributed by atoms with E-state index in [1.54, 1.807) is 12.1 Å². The highest BCUT2D eigenvalue weighted by Gasteiger charge is 2.28. The standard InChI is InChI=1S/C26H21N3O4S/c1-15(33-26(31)18-8-10-21-22(11-18)32-14-28-21)24(30)29-25-20(13-27)19-9-7-17(12-23(19)34-25)16-5-3-2-4-6-16/h2-6,8,10-11,14-15,17H,7,9,12H2,1H3,(H,29,30). The van der Waals surface area contributed by atoms with Crippen LogP contribution in [0.2, 0.25) is 0 Å². The molecule has 2 unspecified atom stereocenters. The van der Waals surface area contributed by atoms with Crippen molar-refractivity contribution in [3.05, 3.63) is 82.1 Å². The molecule has 1 N–H and O–H groups in total. The molecule has 7 nitrogen and oxygen atoms in total. The Balaban J connectivity index is 1.28. The molecular weight excluding hydrogens is 450 g/mol. The molecule has 2 atom stereocenters. The number of aromatic nitrogens is 1. The molecule has 34 heavy (non-hydrogen) atoms. The first-order chi connectivity index (χ1) is 16.5. The number of thiophene rings is 1. The molecular formula is C26H21N3O4S. The molecule has 8 heteroatoms. The summed E-state index contributed by atoms with van der Waals surface area (Å²) in [5.74, 6) is -0.731. The Morgan fingerprint density at radius 2 is 2.09 bits per heavy atom. The van der Waals surface area contributed by atoms with Gasteiger partial charge in [0.05, 0.1) is 11.1 Å². The summed E-state index contributed by atoms with van der Waals surface area (Å²) >= 11 is 1.43. The van der Waals surface area contributed by atoms with Gasteiger partial charge < -0.3 is 14.5 Å². The van der Waals surface area contributed by atoms with Crippen LogP contribution in [0, 0.1) is 11.3 Å². The van der Waals surface area contributed by atoms with E-state index in [0.29, 0.717) is 27.6 Å². The van der Waals surface area contributed by atoms with Gasteiger partial charge >= 0.3 is 5.97 Å². The third-order valence-electron chi connectivity index (χ3n) is 6.10. The van der Waals surface area contributed by atoms with E-state index in [1.165, 1.54) is 36.3 Å². The van der Waals surface area contributed by atoms with Crippen molar-refractivity contribution in [2.45, 2.75) is 38.2 Å². The topological polar surface area (TPSA) is 105 Å². The van der Waals surface area contributed by atoms with Crippen LogP contribution in [0.1, 0.15) is 51.2 Å². The Bertz CT molecular complexity index is 1420. The molecule has 2 heterocycles. The second kappa shape index (κ2) is 9.12. The fourth-order valence-electron chi connectivity index (χ4n) is 4.28. The summed E-state index contributed by atoms with van der Waals surface area (Å²) in [6, 6.07) is 17.4. The molecule has 0 saturated carbocycles. The molecule has 2 aromatic heterocycles. The van der Waals surface area contributed by atoms with Gasteiger partial charge in [-0.25, -0.2) is 9.78 Å². The van der Waals surface area contributed by atoms with E-state index in [9.17, 15) is 14.9 Å². The molecule has 170 valence electrons. The van der Waals surface area contributed by atoms with Crippen molar-refractivity contribution in [2.24, 2.45) is 0 Å². The van der Waals surface area contributed by atoms with Crippen LogP contribution in [-0.4, -0.2) is 23.0 Å². The van der Waals surface area contributed by atoms with E-state index in [4.69, 9.17) is 9.15 Å². The third-order valence-corrected chi connectivity index (χ3v) is 7.27. The number of esters is 1. The predicted octanol–water partition coefficient (Wildman–Crippen LogP) is 5.22. The molecule has 5 rings (SSSR count). The summed E-state index contributed by atoms with van der Waals surface area (Å²) in [5.41, 5.74) is 4.16. The normalized spacial score (nSPS) is 15.8. The van der Waals surface area contributed by atoms with Crippen LogP contribution in [0.4, 0.5) is 5.00 Å². The van der Waals surface area contributed by atoms with Crippen LogP contribution >= 0.6 is 11.3 Å². The lowest BCUT2D eigenvalue weighted by Crippen LogP contribution is -2.30. The van der Waals surface area contributed by atoms with E-state index in [2.05, 4.69) is 28.5 Å². The highest BCUT2D eigenvalue weighted by Crippen LogP contribution is 2.42. The monoisotopic (exact) mass is 471 g/mol. The van der Waals surface area contributed by atoms with Gasteiger partial charge in [-0.05, 0) is 61.4 Å². The number of nitrogens with zero attached hydrogens (tertiary/aromatic N) is 2.